The molecule has 0 saturated carbocycles. The molecule has 19 heavy (non-hydrogen) atoms. The Morgan fingerprint density at radius 3 is 2.84 bits per heavy atom. The number of nitrogens with zero attached hydrogens (tertiary/aromatic N) is 1. The van der Waals surface area contributed by atoms with Gasteiger partial charge in [0.2, 0.25) is 0 Å². The molecule has 8 heteroatoms. The number of aryl methyl sites for hydroxylation is 1. The highest BCUT2D eigenvalue weighted by molar-refractivity contribution is 7.98. The van der Waals surface area contributed by atoms with E-state index in [4.69, 9.17) is 5.41 Å². The number of hydrogen-bond donors (Lipinski definition) is 1. The van der Waals surface area contributed by atoms with Crippen LogP contribution in [0.3, 0.4) is 0 Å². The summed E-state index contributed by atoms with van der Waals surface area (Å²) in [5.74, 6) is 1.29. The highest BCUT2D eigenvalue weighted by Gasteiger charge is 2.31. The molecule has 0 bridgehead atoms. The summed E-state index contributed by atoms with van der Waals surface area (Å²) in [6.07, 6.45) is -4.69. The van der Waals surface area contributed by atoms with Gasteiger partial charge in [0.05, 0.1) is 10.2 Å². The number of hydrogen-bond acceptors (Lipinski definition) is 4. The van der Waals surface area contributed by atoms with Crippen molar-refractivity contribution in [2.45, 2.75) is 18.7 Å². The quantitative estimate of drug-likeness (QED) is 0.877. The van der Waals surface area contributed by atoms with Crippen molar-refractivity contribution >= 4 is 33.3 Å². The van der Waals surface area contributed by atoms with Crippen LogP contribution in [-0.2, 0) is 12.3 Å². The van der Waals surface area contributed by atoms with Crippen molar-refractivity contribution in [1.29, 1.82) is 5.41 Å². The number of nitrogens with one attached hydrogen (secondary N) is 1. The summed E-state index contributed by atoms with van der Waals surface area (Å²) in [5, 5.41) is 7.89. The Labute approximate surface area is 114 Å². The third-order valence-corrected chi connectivity index (χ3v) is 4.73. The molecular formula is C11H9F3N2OS2. The second-order valence-corrected chi connectivity index (χ2v) is 6.22. The minimum Gasteiger partial charge on any atom is -0.406 e. The maximum absolute atomic E-state index is 12.3. The lowest BCUT2D eigenvalue weighted by Gasteiger charge is -2.10. The second-order valence-electron chi connectivity index (χ2n) is 4.09. The Morgan fingerprint density at radius 2 is 2.11 bits per heavy atom. The molecule has 2 aromatic rings. The topological polar surface area (TPSA) is 38.0 Å². The van der Waals surface area contributed by atoms with Gasteiger partial charge in [0.25, 0.3) is 0 Å². The normalized spacial score (nSPS) is 15.5. The molecule has 0 fully saturated rings. The van der Waals surface area contributed by atoms with Gasteiger partial charge in [-0.3, -0.25) is 5.41 Å². The van der Waals surface area contributed by atoms with E-state index >= 15 is 0 Å². The van der Waals surface area contributed by atoms with E-state index in [1.807, 2.05) is 4.57 Å². The predicted molar refractivity (Wildman–Crippen MR) is 68.5 cm³/mol. The van der Waals surface area contributed by atoms with E-state index in [1.54, 1.807) is 11.8 Å². The average Bonchev–Trinajstić information content (AvgIpc) is 2.47. The number of halogens is 3. The van der Waals surface area contributed by atoms with Crippen LogP contribution in [0.5, 0.6) is 5.75 Å². The Balaban J connectivity index is 2.19. The first-order chi connectivity index (χ1) is 8.94. The minimum atomic E-state index is -4.69. The number of aromatic nitrogens is 1. The molecule has 1 aromatic heterocycles. The van der Waals surface area contributed by atoms with E-state index in [0.717, 1.165) is 23.4 Å². The van der Waals surface area contributed by atoms with Crippen molar-refractivity contribution in [3.05, 3.63) is 22.5 Å². The van der Waals surface area contributed by atoms with Crippen molar-refractivity contribution in [2.75, 3.05) is 5.75 Å². The van der Waals surface area contributed by atoms with Crippen LogP contribution in [0.15, 0.2) is 12.1 Å². The van der Waals surface area contributed by atoms with E-state index in [1.165, 1.54) is 23.5 Å². The van der Waals surface area contributed by atoms with Crippen LogP contribution < -0.4 is 9.54 Å². The van der Waals surface area contributed by atoms with Crippen LogP contribution in [0.2, 0.25) is 0 Å². The molecule has 0 radical (unpaired) electrons. The van der Waals surface area contributed by atoms with Crippen molar-refractivity contribution in [1.82, 2.24) is 4.57 Å². The van der Waals surface area contributed by atoms with Crippen molar-refractivity contribution in [2.24, 2.45) is 0 Å². The zero-order valence-corrected chi connectivity index (χ0v) is 11.2. The summed E-state index contributed by atoms with van der Waals surface area (Å²) < 4.78 is 43.4. The zero-order chi connectivity index (χ0) is 13.6. The van der Waals surface area contributed by atoms with Crippen molar-refractivity contribution in [3.63, 3.8) is 0 Å². The fourth-order valence-electron chi connectivity index (χ4n) is 2.14. The Hall–Kier alpha value is -1.15. The van der Waals surface area contributed by atoms with Gasteiger partial charge >= 0.3 is 6.36 Å². The molecule has 1 aliphatic rings. The van der Waals surface area contributed by atoms with E-state index in [-0.39, 0.29) is 5.75 Å². The van der Waals surface area contributed by atoms with Gasteiger partial charge in [0.1, 0.15) is 5.75 Å². The summed E-state index contributed by atoms with van der Waals surface area (Å²) in [6, 6.07) is 2.79. The molecule has 102 valence electrons. The monoisotopic (exact) mass is 306 g/mol. The van der Waals surface area contributed by atoms with Gasteiger partial charge in [-0.25, -0.2) is 0 Å². The van der Waals surface area contributed by atoms with Gasteiger partial charge in [0, 0.05) is 18.1 Å². The molecule has 1 aliphatic heterocycles. The number of rotatable bonds is 1. The lowest BCUT2D eigenvalue weighted by molar-refractivity contribution is -0.274. The molecule has 3 rings (SSSR count). The first-order valence-electron chi connectivity index (χ1n) is 5.48. The first-order valence-corrected chi connectivity index (χ1v) is 7.45. The lowest BCUT2D eigenvalue weighted by atomic mass is 10.2. The van der Waals surface area contributed by atoms with Crippen LogP contribution in [0.25, 0.3) is 10.2 Å². The first kappa shape index (κ1) is 12.9. The highest BCUT2D eigenvalue weighted by Crippen LogP contribution is 2.34. The Kier molecular flexibility index (Phi) is 3.01. The van der Waals surface area contributed by atoms with Crippen LogP contribution in [0.1, 0.15) is 5.56 Å². The van der Waals surface area contributed by atoms with Gasteiger partial charge in [0.15, 0.2) is 4.80 Å². The van der Waals surface area contributed by atoms with E-state index < -0.39 is 6.36 Å². The zero-order valence-electron chi connectivity index (χ0n) is 9.58. The largest absolute Gasteiger partial charge is 0.573 e. The third kappa shape index (κ3) is 2.46. The van der Waals surface area contributed by atoms with Gasteiger partial charge in [-0.2, -0.15) is 11.8 Å². The van der Waals surface area contributed by atoms with Crippen LogP contribution in [0.4, 0.5) is 13.2 Å². The molecule has 0 unspecified atom stereocenters. The molecule has 2 heterocycles. The highest BCUT2D eigenvalue weighted by atomic mass is 32.2. The summed E-state index contributed by atoms with van der Waals surface area (Å²) in [6.45, 7) is 0.718. The fraction of sp³-hybridized carbons (Fsp3) is 0.364. The van der Waals surface area contributed by atoms with Gasteiger partial charge in [-0.05, 0) is 17.7 Å². The molecule has 0 amide bonds. The SMILES string of the molecule is N=c1sc2cc(OC(F)(F)F)cc3c2n1CCSC3. The van der Waals surface area contributed by atoms with Crippen LogP contribution in [0, 0.1) is 5.41 Å². The number of thiazole rings is 1. The second kappa shape index (κ2) is 4.45. The molecular weight excluding hydrogens is 297 g/mol. The maximum Gasteiger partial charge on any atom is 0.573 e. The van der Waals surface area contributed by atoms with E-state index in [2.05, 4.69) is 4.74 Å². The third-order valence-electron chi connectivity index (χ3n) is 2.80. The molecule has 1 N–H and O–H groups in total. The Bertz CT molecular complexity index is 690. The molecule has 1 aromatic carbocycles. The number of thioether (sulfide) groups is 1. The summed E-state index contributed by atoms with van der Waals surface area (Å²) in [4.78, 5) is 0.364. The number of ether oxygens (including phenoxy) is 1. The summed E-state index contributed by atoms with van der Waals surface area (Å²) in [7, 11) is 0. The van der Waals surface area contributed by atoms with Gasteiger partial charge in [-0.15, -0.1) is 13.2 Å². The van der Waals surface area contributed by atoms with Crippen molar-refractivity contribution < 1.29 is 17.9 Å². The van der Waals surface area contributed by atoms with Gasteiger partial charge in [-0.1, -0.05) is 11.3 Å². The van der Waals surface area contributed by atoms with Crippen molar-refractivity contribution in [3.8, 4) is 5.75 Å². The summed E-state index contributed by atoms with van der Waals surface area (Å²) in [5.41, 5.74) is 1.67. The van der Waals surface area contributed by atoms with Gasteiger partial charge < -0.3 is 9.30 Å². The Morgan fingerprint density at radius 1 is 1.32 bits per heavy atom. The smallest absolute Gasteiger partial charge is 0.406 e. The number of alkyl halides is 3. The molecule has 0 saturated heterocycles. The molecule has 3 nitrogen and oxygen atoms in total. The fourth-order valence-corrected chi connectivity index (χ4v) is 4.05. The summed E-state index contributed by atoms with van der Waals surface area (Å²) >= 11 is 2.83. The maximum atomic E-state index is 12.3. The molecule has 0 aliphatic carbocycles. The van der Waals surface area contributed by atoms with E-state index in [0.29, 0.717) is 15.3 Å². The number of benzene rings is 1. The predicted octanol–water partition coefficient (Wildman–Crippen LogP) is 3.33. The molecule has 0 atom stereocenters. The standard InChI is InChI=1S/C11H9F3N2OS2/c12-11(13,14)17-7-3-6-5-18-2-1-16-9(6)8(4-7)19-10(16)15/h3-4,15H,1-2,5H2. The van der Waals surface area contributed by atoms with Crippen LogP contribution in [-0.4, -0.2) is 16.7 Å². The average molecular weight is 306 g/mol. The molecule has 0 spiro atoms. The van der Waals surface area contributed by atoms with E-state index in [9.17, 15) is 13.2 Å². The lowest BCUT2D eigenvalue weighted by Crippen LogP contribution is -2.17. The minimum absolute atomic E-state index is 0.203. The van der Waals surface area contributed by atoms with Crippen LogP contribution >= 0.6 is 23.1 Å².